The van der Waals surface area contributed by atoms with Crippen molar-refractivity contribution >= 4 is 29.9 Å². The SMILES string of the molecule is Cc1ccc(C(N)C(=O)NC2CCc3cc(Cl)ccc32)cc1.Cl. The number of benzene rings is 2. The lowest BCUT2D eigenvalue weighted by molar-refractivity contribution is -0.123. The van der Waals surface area contributed by atoms with Crippen LogP contribution in [-0.4, -0.2) is 5.91 Å². The van der Waals surface area contributed by atoms with E-state index in [1.54, 1.807) is 0 Å². The Bertz CT molecular complexity index is 701. The van der Waals surface area contributed by atoms with Crippen LogP contribution in [-0.2, 0) is 11.2 Å². The second-order valence-electron chi connectivity index (χ2n) is 5.83. The molecular weight excluding hydrogens is 331 g/mol. The van der Waals surface area contributed by atoms with Crippen molar-refractivity contribution < 1.29 is 4.79 Å². The molecule has 0 saturated heterocycles. The number of nitrogens with one attached hydrogen (secondary N) is 1. The Morgan fingerprint density at radius 3 is 2.65 bits per heavy atom. The molecule has 1 aliphatic carbocycles. The summed E-state index contributed by atoms with van der Waals surface area (Å²) in [6.07, 6.45) is 1.82. The van der Waals surface area contributed by atoms with E-state index < -0.39 is 6.04 Å². The van der Waals surface area contributed by atoms with E-state index in [0.717, 1.165) is 34.6 Å². The number of halogens is 2. The highest BCUT2D eigenvalue weighted by Gasteiger charge is 2.26. The summed E-state index contributed by atoms with van der Waals surface area (Å²) in [5.41, 5.74) is 10.4. The molecular formula is C18H20Cl2N2O. The molecule has 1 amide bonds. The molecule has 3 nitrogen and oxygen atoms in total. The number of amides is 1. The zero-order valence-electron chi connectivity index (χ0n) is 12.9. The van der Waals surface area contributed by atoms with Gasteiger partial charge >= 0.3 is 0 Å². The van der Waals surface area contributed by atoms with E-state index in [4.69, 9.17) is 17.3 Å². The van der Waals surface area contributed by atoms with Gasteiger partial charge in [-0.15, -0.1) is 12.4 Å². The van der Waals surface area contributed by atoms with Crippen LogP contribution in [0.25, 0.3) is 0 Å². The molecule has 1 aliphatic rings. The van der Waals surface area contributed by atoms with Crippen LogP contribution in [0, 0.1) is 6.92 Å². The van der Waals surface area contributed by atoms with Crippen molar-refractivity contribution in [2.75, 3.05) is 0 Å². The van der Waals surface area contributed by atoms with E-state index in [-0.39, 0.29) is 24.4 Å². The molecule has 122 valence electrons. The van der Waals surface area contributed by atoms with Crippen molar-refractivity contribution in [3.63, 3.8) is 0 Å². The fourth-order valence-corrected chi connectivity index (χ4v) is 3.12. The molecule has 0 radical (unpaired) electrons. The summed E-state index contributed by atoms with van der Waals surface area (Å²) in [5, 5.41) is 3.80. The predicted molar refractivity (Wildman–Crippen MR) is 96.0 cm³/mol. The third kappa shape index (κ3) is 3.86. The highest BCUT2D eigenvalue weighted by molar-refractivity contribution is 6.30. The van der Waals surface area contributed by atoms with Crippen molar-refractivity contribution in [3.05, 3.63) is 69.7 Å². The number of rotatable bonds is 3. The lowest BCUT2D eigenvalue weighted by atomic mass is 10.0. The van der Waals surface area contributed by atoms with Crippen molar-refractivity contribution in [2.45, 2.75) is 31.8 Å². The molecule has 0 heterocycles. The standard InChI is InChI=1S/C18H19ClN2O.ClH/c1-11-2-4-12(5-3-11)17(20)18(22)21-16-9-6-13-10-14(19)7-8-15(13)16;/h2-5,7-8,10,16-17H,6,9,20H2,1H3,(H,21,22);1H. The molecule has 2 unspecified atom stereocenters. The van der Waals surface area contributed by atoms with Crippen LogP contribution in [0.4, 0.5) is 0 Å². The smallest absolute Gasteiger partial charge is 0.241 e. The number of hydrogen-bond acceptors (Lipinski definition) is 2. The number of fused-ring (bicyclic) bond motifs is 1. The van der Waals surface area contributed by atoms with Crippen LogP contribution in [0.15, 0.2) is 42.5 Å². The van der Waals surface area contributed by atoms with Gasteiger partial charge in [-0.1, -0.05) is 47.5 Å². The zero-order chi connectivity index (χ0) is 15.7. The molecule has 2 aromatic rings. The van der Waals surface area contributed by atoms with Gasteiger partial charge in [0, 0.05) is 5.02 Å². The number of nitrogens with two attached hydrogens (primary N) is 1. The Morgan fingerprint density at radius 2 is 1.96 bits per heavy atom. The van der Waals surface area contributed by atoms with Gasteiger partial charge in [0.2, 0.25) is 5.91 Å². The summed E-state index contributed by atoms with van der Waals surface area (Å²) in [5.74, 6) is -0.142. The maximum Gasteiger partial charge on any atom is 0.241 e. The van der Waals surface area contributed by atoms with Gasteiger partial charge in [0.1, 0.15) is 6.04 Å². The summed E-state index contributed by atoms with van der Waals surface area (Å²) in [6, 6.07) is 13.0. The first-order valence-corrected chi connectivity index (χ1v) is 7.83. The Labute approximate surface area is 147 Å². The summed E-state index contributed by atoms with van der Waals surface area (Å²) < 4.78 is 0. The molecule has 0 spiro atoms. The maximum atomic E-state index is 12.4. The number of aryl methyl sites for hydroxylation is 2. The van der Waals surface area contributed by atoms with Crippen molar-refractivity contribution in [2.24, 2.45) is 5.73 Å². The summed E-state index contributed by atoms with van der Waals surface area (Å²) in [6.45, 7) is 2.01. The molecule has 0 aromatic heterocycles. The highest BCUT2D eigenvalue weighted by atomic mass is 35.5. The molecule has 0 bridgehead atoms. The molecule has 2 aromatic carbocycles. The van der Waals surface area contributed by atoms with E-state index in [2.05, 4.69) is 5.32 Å². The van der Waals surface area contributed by atoms with Gasteiger partial charge in [0.25, 0.3) is 0 Å². The average Bonchev–Trinajstić information content (AvgIpc) is 2.89. The first-order valence-electron chi connectivity index (χ1n) is 7.45. The Morgan fingerprint density at radius 1 is 1.26 bits per heavy atom. The van der Waals surface area contributed by atoms with Crippen LogP contribution in [0.2, 0.25) is 5.02 Å². The monoisotopic (exact) mass is 350 g/mol. The van der Waals surface area contributed by atoms with Gasteiger partial charge in [0.15, 0.2) is 0 Å². The van der Waals surface area contributed by atoms with Gasteiger partial charge < -0.3 is 11.1 Å². The number of carbonyl (C=O) groups excluding carboxylic acids is 1. The second kappa shape index (κ2) is 7.35. The predicted octanol–water partition coefficient (Wildman–Crippen LogP) is 3.87. The summed E-state index contributed by atoms with van der Waals surface area (Å²) >= 11 is 6.01. The number of carbonyl (C=O) groups is 1. The van der Waals surface area contributed by atoms with Crippen LogP contribution >= 0.6 is 24.0 Å². The van der Waals surface area contributed by atoms with E-state index in [1.165, 1.54) is 5.56 Å². The quantitative estimate of drug-likeness (QED) is 0.882. The minimum atomic E-state index is -0.642. The van der Waals surface area contributed by atoms with Crippen LogP contribution < -0.4 is 11.1 Å². The fourth-order valence-electron chi connectivity index (χ4n) is 2.92. The molecule has 5 heteroatoms. The van der Waals surface area contributed by atoms with E-state index in [1.807, 2.05) is 49.4 Å². The van der Waals surface area contributed by atoms with Gasteiger partial charge in [-0.25, -0.2) is 0 Å². The molecule has 0 saturated carbocycles. The first-order chi connectivity index (χ1) is 10.5. The third-order valence-electron chi connectivity index (χ3n) is 4.22. The zero-order valence-corrected chi connectivity index (χ0v) is 14.5. The Hall–Kier alpha value is -1.55. The molecule has 0 aliphatic heterocycles. The van der Waals surface area contributed by atoms with E-state index >= 15 is 0 Å². The van der Waals surface area contributed by atoms with Crippen molar-refractivity contribution in [1.29, 1.82) is 0 Å². The van der Waals surface area contributed by atoms with E-state index in [9.17, 15) is 4.79 Å². The lowest BCUT2D eigenvalue weighted by Crippen LogP contribution is -2.36. The highest BCUT2D eigenvalue weighted by Crippen LogP contribution is 2.33. The lowest BCUT2D eigenvalue weighted by Gasteiger charge is -2.18. The van der Waals surface area contributed by atoms with Gasteiger partial charge in [-0.2, -0.15) is 0 Å². The summed E-state index contributed by atoms with van der Waals surface area (Å²) in [7, 11) is 0. The first kappa shape index (κ1) is 17.8. The largest absolute Gasteiger partial charge is 0.348 e. The van der Waals surface area contributed by atoms with Gasteiger partial charge in [-0.3, -0.25) is 4.79 Å². The summed E-state index contributed by atoms with van der Waals surface area (Å²) in [4.78, 5) is 12.4. The minimum Gasteiger partial charge on any atom is -0.348 e. The van der Waals surface area contributed by atoms with Crippen LogP contribution in [0.5, 0.6) is 0 Å². The molecule has 23 heavy (non-hydrogen) atoms. The molecule has 3 N–H and O–H groups in total. The normalized spacial score (nSPS) is 17.1. The minimum absolute atomic E-state index is 0. The fraction of sp³-hybridized carbons (Fsp3) is 0.278. The van der Waals surface area contributed by atoms with Crippen LogP contribution in [0.3, 0.4) is 0 Å². The van der Waals surface area contributed by atoms with Crippen molar-refractivity contribution in [3.8, 4) is 0 Å². The van der Waals surface area contributed by atoms with Crippen LogP contribution in [0.1, 0.15) is 40.8 Å². The Kier molecular flexibility index (Phi) is 5.69. The Balaban J connectivity index is 0.00000192. The van der Waals surface area contributed by atoms with Gasteiger partial charge in [-0.05, 0) is 48.6 Å². The molecule has 3 rings (SSSR count). The van der Waals surface area contributed by atoms with Crippen molar-refractivity contribution in [1.82, 2.24) is 5.32 Å². The third-order valence-corrected chi connectivity index (χ3v) is 4.45. The molecule has 0 fully saturated rings. The topological polar surface area (TPSA) is 55.1 Å². The molecule has 2 atom stereocenters. The number of hydrogen-bond donors (Lipinski definition) is 2. The average molecular weight is 351 g/mol. The van der Waals surface area contributed by atoms with E-state index in [0.29, 0.717) is 0 Å². The maximum absolute atomic E-state index is 12.4. The second-order valence-corrected chi connectivity index (χ2v) is 6.27. The van der Waals surface area contributed by atoms with Gasteiger partial charge in [0.05, 0.1) is 6.04 Å².